The third-order valence-corrected chi connectivity index (χ3v) is 5.82. The van der Waals surface area contributed by atoms with Gasteiger partial charge in [-0.3, -0.25) is 4.40 Å². The molecule has 2 N–H and O–H groups in total. The van der Waals surface area contributed by atoms with Gasteiger partial charge >= 0.3 is 11.9 Å². The first-order valence-corrected chi connectivity index (χ1v) is 11.2. The molecule has 4 aromatic rings. The number of carboxylic acids is 1. The van der Waals surface area contributed by atoms with E-state index in [1.807, 2.05) is 50.2 Å². The van der Waals surface area contributed by atoms with Crippen LogP contribution in [0.3, 0.4) is 0 Å². The largest absolute Gasteiger partial charge is 0.478 e. The molecule has 0 amide bonds. The number of nitrogens with zero attached hydrogens (tertiary/aromatic N) is 2. The average molecular weight is 459 g/mol. The molecule has 0 spiro atoms. The number of carbonyl (C=O) groups excluding carboxylic acids is 1. The third kappa shape index (κ3) is 4.06. The lowest BCUT2D eigenvalue weighted by Crippen LogP contribution is -2.15. The minimum Gasteiger partial charge on any atom is -0.478 e. The lowest BCUT2D eigenvalue weighted by atomic mass is 9.95. The van der Waals surface area contributed by atoms with Crippen molar-refractivity contribution in [2.45, 2.75) is 33.3 Å². The van der Waals surface area contributed by atoms with Gasteiger partial charge in [-0.2, -0.15) is 0 Å². The first kappa shape index (κ1) is 23.2. The van der Waals surface area contributed by atoms with E-state index in [9.17, 15) is 19.8 Å². The number of fused-ring (bicyclic) bond motifs is 1. The molecule has 0 saturated carbocycles. The maximum Gasteiger partial charge on any atom is 0.357 e. The quantitative estimate of drug-likeness (QED) is 0.385. The van der Waals surface area contributed by atoms with Crippen molar-refractivity contribution in [3.8, 4) is 11.1 Å². The maximum absolute atomic E-state index is 12.8. The summed E-state index contributed by atoms with van der Waals surface area (Å²) in [6.07, 6.45) is -0.683. The fourth-order valence-corrected chi connectivity index (χ4v) is 4.16. The second kappa shape index (κ2) is 9.49. The van der Waals surface area contributed by atoms with Crippen LogP contribution in [0.25, 0.3) is 16.8 Å². The van der Waals surface area contributed by atoms with Gasteiger partial charge in [0.1, 0.15) is 11.8 Å². The Balaban J connectivity index is 1.89. The normalized spacial score (nSPS) is 12.0. The standard InChI is InChI=1S/C27H26N2O5/c1-4-21-23(27(33)34-5-2)29-22(14-11-16(3)25(29)28-21)24(30)18-12-13-19(20(15-18)26(31)32)17-9-7-6-8-10-17/h6-15,24,30H,4-5H2,1-3H3,(H,31,32). The zero-order valence-electron chi connectivity index (χ0n) is 19.3. The predicted octanol–water partition coefficient (Wildman–Crippen LogP) is 4.83. The minimum atomic E-state index is -1.20. The highest BCUT2D eigenvalue weighted by Gasteiger charge is 2.26. The lowest BCUT2D eigenvalue weighted by Gasteiger charge is -2.18. The summed E-state index contributed by atoms with van der Waals surface area (Å²) >= 11 is 0. The molecule has 1 unspecified atom stereocenters. The summed E-state index contributed by atoms with van der Waals surface area (Å²) in [4.78, 5) is 29.5. The number of rotatable bonds is 7. The number of hydrogen-bond donors (Lipinski definition) is 2. The van der Waals surface area contributed by atoms with Crippen molar-refractivity contribution in [3.63, 3.8) is 0 Å². The van der Waals surface area contributed by atoms with Crippen molar-refractivity contribution in [1.82, 2.24) is 9.38 Å². The van der Waals surface area contributed by atoms with Gasteiger partial charge in [-0.1, -0.05) is 55.5 Å². The number of aliphatic hydroxyl groups excluding tert-OH is 1. The topological polar surface area (TPSA) is 101 Å². The maximum atomic E-state index is 12.8. The van der Waals surface area contributed by atoms with Crippen LogP contribution in [0.1, 0.15) is 63.3 Å². The Labute approximate surface area is 197 Å². The number of imidazole rings is 1. The molecule has 2 heterocycles. The summed E-state index contributed by atoms with van der Waals surface area (Å²) in [5.41, 5.74) is 4.44. The molecule has 0 aliphatic heterocycles. The van der Waals surface area contributed by atoms with E-state index in [0.29, 0.717) is 34.6 Å². The van der Waals surface area contributed by atoms with Gasteiger partial charge in [0, 0.05) is 0 Å². The second-order valence-corrected chi connectivity index (χ2v) is 7.96. The number of benzene rings is 2. The number of carboxylic acid groups (broad SMARTS) is 1. The number of pyridine rings is 1. The summed E-state index contributed by atoms with van der Waals surface area (Å²) < 4.78 is 6.90. The Morgan fingerprint density at radius 2 is 1.79 bits per heavy atom. The minimum absolute atomic E-state index is 0.0802. The van der Waals surface area contributed by atoms with Crippen molar-refractivity contribution in [2.24, 2.45) is 0 Å². The number of carbonyl (C=O) groups is 2. The fourth-order valence-electron chi connectivity index (χ4n) is 4.16. The van der Waals surface area contributed by atoms with Gasteiger partial charge in [0.2, 0.25) is 0 Å². The van der Waals surface area contributed by atoms with E-state index in [1.165, 1.54) is 6.07 Å². The summed E-state index contributed by atoms with van der Waals surface area (Å²) in [7, 11) is 0. The number of aliphatic hydroxyl groups is 1. The van der Waals surface area contributed by atoms with Crippen LogP contribution in [0.15, 0.2) is 60.7 Å². The molecule has 1 atom stereocenters. The van der Waals surface area contributed by atoms with Gasteiger partial charge in [0.25, 0.3) is 0 Å². The van der Waals surface area contributed by atoms with Crippen LogP contribution in [-0.4, -0.2) is 38.1 Å². The molecular weight excluding hydrogens is 432 g/mol. The molecule has 2 aromatic heterocycles. The van der Waals surface area contributed by atoms with E-state index in [4.69, 9.17) is 4.74 Å². The molecule has 0 aliphatic carbocycles. The number of esters is 1. The smallest absolute Gasteiger partial charge is 0.357 e. The zero-order chi connectivity index (χ0) is 24.4. The number of ether oxygens (including phenoxy) is 1. The highest BCUT2D eigenvalue weighted by molar-refractivity contribution is 5.96. The SMILES string of the molecule is CCOC(=O)c1c(CC)nc2c(C)ccc(C(O)c3ccc(-c4ccccc4)c(C(=O)O)c3)n12. The molecule has 0 aliphatic rings. The van der Waals surface area contributed by atoms with E-state index < -0.39 is 18.0 Å². The van der Waals surface area contributed by atoms with Gasteiger partial charge in [-0.05, 0) is 54.7 Å². The van der Waals surface area contributed by atoms with Crippen LogP contribution in [-0.2, 0) is 11.2 Å². The number of aromatic nitrogens is 2. The average Bonchev–Trinajstić information content (AvgIpc) is 3.25. The number of aryl methyl sites for hydroxylation is 2. The van der Waals surface area contributed by atoms with Gasteiger partial charge < -0.3 is 14.9 Å². The Morgan fingerprint density at radius 3 is 2.44 bits per heavy atom. The molecule has 0 radical (unpaired) electrons. The van der Waals surface area contributed by atoms with E-state index in [0.717, 1.165) is 11.1 Å². The molecule has 0 saturated heterocycles. The Bertz CT molecular complexity index is 1380. The fraction of sp³-hybridized carbons (Fsp3) is 0.222. The van der Waals surface area contributed by atoms with Gasteiger partial charge in [-0.15, -0.1) is 0 Å². The molecule has 4 rings (SSSR count). The Hall–Kier alpha value is -3.97. The molecule has 2 aromatic carbocycles. The summed E-state index contributed by atoms with van der Waals surface area (Å²) in [6, 6.07) is 17.6. The van der Waals surface area contributed by atoms with Gasteiger partial charge in [-0.25, -0.2) is 14.6 Å². The van der Waals surface area contributed by atoms with E-state index in [-0.39, 0.29) is 17.9 Å². The number of aromatic carboxylic acids is 1. The van der Waals surface area contributed by atoms with E-state index in [2.05, 4.69) is 4.98 Å². The van der Waals surface area contributed by atoms with Gasteiger partial charge in [0.15, 0.2) is 5.69 Å². The molecule has 0 bridgehead atoms. The highest BCUT2D eigenvalue weighted by Crippen LogP contribution is 2.31. The summed E-state index contributed by atoms with van der Waals surface area (Å²) in [6.45, 7) is 5.72. The monoisotopic (exact) mass is 458 g/mol. The highest BCUT2D eigenvalue weighted by atomic mass is 16.5. The van der Waals surface area contributed by atoms with Gasteiger partial charge in [0.05, 0.1) is 23.6 Å². The molecular formula is C27H26N2O5. The van der Waals surface area contributed by atoms with Crippen LogP contribution >= 0.6 is 0 Å². The van der Waals surface area contributed by atoms with Crippen molar-refractivity contribution in [1.29, 1.82) is 0 Å². The van der Waals surface area contributed by atoms with Crippen LogP contribution in [0, 0.1) is 6.92 Å². The Morgan fingerprint density at radius 1 is 1.06 bits per heavy atom. The molecule has 0 fully saturated rings. The molecule has 34 heavy (non-hydrogen) atoms. The van der Waals surface area contributed by atoms with Crippen molar-refractivity contribution in [3.05, 3.63) is 94.4 Å². The third-order valence-electron chi connectivity index (χ3n) is 5.82. The molecule has 7 heteroatoms. The summed E-state index contributed by atoms with van der Waals surface area (Å²) in [5, 5.41) is 21.2. The number of hydrogen-bond acceptors (Lipinski definition) is 5. The van der Waals surface area contributed by atoms with Crippen molar-refractivity contribution in [2.75, 3.05) is 6.61 Å². The predicted molar refractivity (Wildman–Crippen MR) is 128 cm³/mol. The Kier molecular flexibility index (Phi) is 6.47. The van der Waals surface area contributed by atoms with Crippen LogP contribution in [0.2, 0.25) is 0 Å². The van der Waals surface area contributed by atoms with Crippen molar-refractivity contribution >= 4 is 17.6 Å². The van der Waals surface area contributed by atoms with Crippen LogP contribution in [0.5, 0.6) is 0 Å². The van der Waals surface area contributed by atoms with E-state index >= 15 is 0 Å². The zero-order valence-corrected chi connectivity index (χ0v) is 19.3. The van der Waals surface area contributed by atoms with E-state index in [1.54, 1.807) is 29.5 Å². The first-order chi connectivity index (χ1) is 16.4. The molecule has 7 nitrogen and oxygen atoms in total. The second-order valence-electron chi connectivity index (χ2n) is 7.96. The van der Waals surface area contributed by atoms with Crippen molar-refractivity contribution < 1.29 is 24.5 Å². The summed E-state index contributed by atoms with van der Waals surface area (Å²) in [5.74, 6) is -1.61. The van der Waals surface area contributed by atoms with Crippen LogP contribution in [0.4, 0.5) is 0 Å². The first-order valence-electron chi connectivity index (χ1n) is 11.2. The van der Waals surface area contributed by atoms with Crippen LogP contribution < -0.4 is 0 Å². The molecule has 174 valence electrons. The lowest BCUT2D eigenvalue weighted by molar-refractivity contribution is 0.0515.